The molecule has 16 atom stereocenters. The molecule has 0 unspecified atom stereocenters. The minimum atomic E-state index is -1.82. The summed E-state index contributed by atoms with van der Waals surface area (Å²) in [5.74, 6) is 6.48. The van der Waals surface area contributed by atoms with E-state index in [1.165, 1.54) is 0 Å². The van der Waals surface area contributed by atoms with E-state index in [2.05, 4.69) is 29.4 Å². The van der Waals surface area contributed by atoms with Crippen LogP contribution in [0.5, 0.6) is 0 Å². The van der Waals surface area contributed by atoms with Crippen LogP contribution >= 0.6 is 0 Å². The van der Waals surface area contributed by atoms with Gasteiger partial charge in [0.15, 0.2) is 5.78 Å². The Balaban J connectivity index is 1.23. The average molecular weight is 715 g/mol. The number of aliphatic hydroxyl groups excluding tert-OH is 3. The van der Waals surface area contributed by atoms with Crippen LogP contribution in [-0.4, -0.2) is 119 Å². The molecule has 3 bridgehead atoms. The van der Waals surface area contributed by atoms with Crippen molar-refractivity contribution in [3.63, 3.8) is 0 Å². The van der Waals surface area contributed by atoms with Crippen molar-refractivity contribution in [2.75, 3.05) is 33.4 Å². The summed E-state index contributed by atoms with van der Waals surface area (Å²) in [6.45, 7) is 9.67. The van der Waals surface area contributed by atoms with E-state index in [0.717, 1.165) is 31.3 Å². The van der Waals surface area contributed by atoms with Crippen molar-refractivity contribution in [1.82, 2.24) is 10.6 Å². The van der Waals surface area contributed by atoms with Crippen LogP contribution in [0.25, 0.3) is 0 Å². The summed E-state index contributed by atoms with van der Waals surface area (Å²) in [7, 11) is 1.68. The quantitative estimate of drug-likeness (QED) is 0.137. The van der Waals surface area contributed by atoms with Crippen LogP contribution in [-0.2, 0) is 19.0 Å². The van der Waals surface area contributed by atoms with Gasteiger partial charge in [0.05, 0.1) is 29.3 Å². The molecule has 7 aliphatic rings. The molecular weight excluding hydrogens is 652 g/mol. The molecule has 0 amide bonds. The number of aliphatic hydroxyl groups is 5. The third-order valence-corrected chi connectivity index (χ3v) is 15.3. The first-order valence-corrected chi connectivity index (χ1v) is 19.6. The molecule has 11 heteroatoms. The minimum Gasteiger partial charge on any atom is -0.392 e. The highest BCUT2D eigenvalue weighted by molar-refractivity contribution is 5.95. The number of carbonyl (C=O) groups is 1. The van der Waals surface area contributed by atoms with Gasteiger partial charge in [0.1, 0.15) is 24.0 Å². The number of hydrogen-bond donors (Lipinski definition) is 7. The molecule has 2 aliphatic heterocycles. The van der Waals surface area contributed by atoms with Crippen molar-refractivity contribution in [2.24, 2.45) is 39.9 Å². The zero-order chi connectivity index (χ0) is 36.6. The van der Waals surface area contributed by atoms with Crippen molar-refractivity contribution in [2.45, 2.75) is 146 Å². The van der Waals surface area contributed by atoms with Crippen LogP contribution in [0.15, 0.2) is 11.6 Å². The molecule has 2 heterocycles. The van der Waals surface area contributed by atoms with Crippen LogP contribution in [0, 0.1) is 51.8 Å². The third-order valence-electron chi connectivity index (χ3n) is 15.3. The highest BCUT2D eigenvalue weighted by Gasteiger charge is 2.76. The van der Waals surface area contributed by atoms with E-state index < -0.39 is 52.7 Å². The van der Waals surface area contributed by atoms with Crippen molar-refractivity contribution in [3.8, 4) is 11.8 Å². The summed E-state index contributed by atoms with van der Waals surface area (Å²) in [6, 6.07) is -0.119. The summed E-state index contributed by atoms with van der Waals surface area (Å²) < 4.78 is 17.9. The molecule has 0 aromatic rings. The molecule has 3 saturated carbocycles. The fourth-order valence-corrected chi connectivity index (χ4v) is 12.4. The number of allylic oxidation sites excluding steroid dienone is 1. The predicted octanol–water partition coefficient (Wildman–Crippen LogP) is 1.82. The molecular formula is C40H62N2O9. The first kappa shape index (κ1) is 37.9. The van der Waals surface area contributed by atoms with Gasteiger partial charge >= 0.3 is 0 Å². The monoisotopic (exact) mass is 714 g/mol. The number of rotatable bonds is 9. The fourth-order valence-electron chi connectivity index (χ4n) is 12.4. The molecule has 51 heavy (non-hydrogen) atoms. The van der Waals surface area contributed by atoms with Gasteiger partial charge in [-0.15, -0.1) is 5.92 Å². The number of ether oxygens (including phenoxy) is 3. The first-order valence-electron chi connectivity index (χ1n) is 19.6. The van der Waals surface area contributed by atoms with Gasteiger partial charge < -0.3 is 45.1 Å². The summed E-state index contributed by atoms with van der Waals surface area (Å²) in [5, 5.41) is 66.2. The van der Waals surface area contributed by atoms with E-state index in [1.54, 1.807) is 27.0 Å². The Morgan fingerprint density at radius 2 is 1.84 bits per heavy atom. The Morgan fingerprint density at radius 1 is 1.06 bits per heavy atom. The van der Waals surface area contributed by atoms with Crippen molar-refractivity contribution < 1.29 is 44.5 Å². The lowest BCUT2D eigenvalue weighted by molar-refractivity contribution is -0.224. The smallest absolute Gasteiger partial charge is 0.159 e. The van der Waals surface area contributed by atoms with Crippen LogP contribution in [0.3, 0.4) is 0 Å². The molecule has 2 saturated heterocycles. The molecule has 1 spiro atoms. The number of carbonyl (C=O) groups excluding carboxylic acids is 1. The Morgan fingerprint density at radius 3 is 2.59 bits per heavy atom. The molecule has 286 valence electrons. The third kappa shape index (κ3) is 5.73. The topological polar surface area (TPSA) is 170 Å². The normalized spacial score (nSPS) is 50.8. The summed E-state index contributed by atoms with van der Waals surface area (Å²) in [6.07, 6.45) is 3.79. The zero-order valence-electron chi connectivity index (χ0n) is 31.2. The summed E-state index contributed by atoms with van der Waals surface area (Å²) in [4.78, 5) is 14.1. The lowest BCUT2D eigenvalue weighted by Gasteiger charge is -2.62. The van der Waals surface area contributed by atoms with E-state index in [1.807, 2.05) is 6.92 Å². The van der Waals surface area contributed by atoms with E-state index in [-0.39, 0.29) is 47.0 Å². The minimum absolute atomic E-state index is 0.0122. The Bertz CT molecular complexity index is 1430. The van der Waals surface area contributed by atoms with Crippen molar-refractivity contribution >= 4 is 5.78 Å². The predicted molar refractivity (Wildman–Crippen MR) is 189 cm³/mol. The molecule has 0 aromatic carbocycles. The number of ketones is 1. The first-order chi connectivity index (χ1) is 24.1. The van der Waals surface area contributed by atoms with E-state index in [0.29, 0.717) is 64.8 Å². The maximum Gasteiger partial charge on any atom is 0.159 e. The van der Waals surface area contributed by atoms with Gasteiger partial charge in [0.2, 0.25) is 0 Å². The zero-order valence-corrected chi connectivity index (χ0v) is 31.2. The molecule has 0 aromatic heterocycles. The fraction of sp³-hybridized carbons (Fsp3) is 0.875. The van der Waals surface area contributed by atoms with E-state index >= 15 is 0 Å². The van der Waals surface area contributed by atoms with Gasteiger partial charge in [0, 0.05) is 63.1 Å². The Kier molecular flexibility index (Phi) is 10.2. The highest BCUT2D eigenvalue weighted by Crippen LogP contribution is 2.73. The molecule has 7 N–H and O–H groups in total. The van der Waals surface area contributed by atoms with Gasteiger partial charge in [-0.25, -0.2) is 0 Å². The maximum atomic E-state index is 14.1. The van der Waals surface area contributed by atoms with Gasteiger partial charge in [0.25, 0.3) is 0 Å². The lowest BCUT2D eigenvalue weighted by atomic mass is 9.43. The molecule has 5 aliphatic carbocycles. The van der Waals surface area contributed by atoms with Crippen LogP contribution in [0.2, 0.25) is 0 Å². The second-order valence-corrected chi connectivity index (χ2v) is 17.9. The summed E-state index contributed by atoms with van der Waals surface area (Å²) in [5.41, 5.74) is -4.97. The Hall–Kier alpha value is -1.43. The molecule has 11 nitrogen and oxygen atoms in total. The number of fused-ring (bicyclic) bond motifs is 8. The van der Waals surface area contributed by atoms with E-state index in [9.17, 15) is 30.3 Å². The Labute approximate surface area is 303 Å². The second kappa shape index (κ2) is 13.7. The van der Waals surface area contributed by atoms with Crippen LogP contribution in [0.1, 0.15) is 91.9 Å². The van der Waals surface area contributed by atoms with Crippen molar-refractivity contribution in [1.29, 1.82) is 0 Å². The SMILES string of the molecule is COCCCO[C@H]1CC[C@@]2(C)[C@@H](C1)C(=O)C=C1[C@@H]2CC[C@]2(C)[C@]3(C#CC[C@@H]4C[C@@H]5[C@@H](CNC[C@H](C)O)[C@H](O[C@@H]5[C@H](O)N4)[C@@H](O)[C@@]3(C)O)CC[C@@]12O. The largest absolute Gasteiger partial charge is 0.392 e. The number of methoxy groups -OCH3 is 1. The van der Waals surface area contributed by atoms with Gasteiger partial charge in [-0.2, -0.15) is 0 Å². The molecule has 5 fully saturated rings. The number of nitrogens with one attached hydrogen (secondary N) is 2. The number of piperidine rings is 1. The van der Waals surface area contributed by atoms with Gasteiger partial charge in [-0.05, 0) is 101 Å². The van der Waals surface area contributed by atoms with Gasteiger partial charge in [-0.3, -0.25) is 10.1 Å². The maximum absolute atomic E-state index is 14.1. The number of hydrogen-bond acceptors (Lipinski definition) is 11. The molecule has 0 radical (unpaired) electrons. The molecule has 7 rings (SSSR count). The summed E-state index contributed by atoms with van der Waals surface area (Å²) >= 11 is 0. The van der Waals surface area contributed by atoms with Crippen LogP contribution in [0.4, 0.5) is 0 Å². The highest BCUT2D eigenvalue weighted by atomic mass is 16.5. The van der Waals surface area contributed by atoms with E-state index in [4.69, 9.17) is 14.2 Å². The lowest BCUT2D eigenvalue weighted by Crippen LogP contribution is -2.68. The van der Waals surface area contributed by atoms with Crippen molar-refractivity contribution in [3.05, 3.63) is 11.6 Å². The van der Waals surface area contributed by atoms with Gasteiger partial charge in [-0.1, -0.05) is 19.8 Å². The second-order valence-electron chi connectivity index (χ2n) is 17.9. The average Bonchev–Trinajstić information content (AvgIpc) is 3.56. The standard InChI is InChI=1S/C40H62N2O9/c1-23(43)21-41-22-27-26-18-24-8-6-11-39(38(4,47)34(45)32(27)51-33(26)35(46)42-24)14-15-40(48)29-20-31(44)30-19-25(50-17-7-16-49-5)9-12-36(30,2)28(29)10-13-37(39,40)3/h20,23-28,30,32-35,41-43,45-48H,7-10,12-19,21-22H2,1-5H3/t23-,24+,25-,26+,27+,28-,30-,32-,33-,34+,35-,36+,37+,38+,39-,40+/m0/s1. The van der Waals surface area contributed by atoms with Crippen LogP contribution < -0.4 is 10.6 Å².